The first-order chi connectivity index (χ1) is 15.3. The third-order valence-electron chi connectivity index (χ3n) is 6.13. The third-order valence-corrected chi connectivity index (χ3v) is 6.13. The average Bonchev–Trinajstić information content (AvgIpc) is 2.84. The van der Waals surface area contributed by atoms with Gasteiger partial charge in [-0.15, -0.1) is 0 Å². The topological polar surface area (TPSA) is 69.2 Å². The van der Waals surface area contributed by atoms with Crippen molar-refractivity contribution in [3.8, 4) is 0 Å². The number of nitrogens with zero attached hydrogens (tertiary/aromatic N) is 3. The number of aliphatic imine (C=N–C) groups is 1. The Balaban J connectivity index is 1.24. The van der Waals surface area contributed by atoms with Crippen LogP contribution in [0.3, 0.4) is 0 Å². The fraction of sp³-hybridized carbons (Fsp3) is 0.667. The van der Waals surface area contributed by atoms with Crippen LogP contribution in [0.15, 0.2) is 35.3 Å². The summed E-state index contributed by atoms with van der Waals surface area (Å²) in [6.07, 6.45) is 8.31. The van der Waals surface area contributed by atoms with E-state index >= 15 is 0 Å². The summed E-state index contributed by atoms with van der Waals surface area (Å²) in [5.41, 5.74) is 1.23. The summed E-state index contributed by atoms with van der Waals surface area (Å²) in [4.78, 5) is 21.1. The number of rotatable bonds is 9. The van der Waals surface area contributed by atoms with E-state index in [1.54, 1.807) is 7.05 Å². The zero-order valence-electron chi connectivity index (χ0n) is 19.0. The minimum absolute atomic E-state index is 0.205. The second-order valence-corrected chi connectivity index (χ2v) is 8.36. The van der Waals surface area contributed by atoms with Gasteiger partial charge in [-0.2, -0.15) is 0 Å². The van der Waals surface area contributed by atoms with Gasteiger partial charge in [-0.1, -0.05) is 37.5 Å². The van der Waals surface area contributed by atoms with Crippen LogP contribution < -0.4 is 15.5 Å². The summed E-state index contributed by atoms with van der Waals surface area (Å²) in [7, 11) is 1.76. The molecule has 1 saturated heterocycles. The molecule has 172 valence electrons. The minimum atomic E-state index is 0.205. The van der Waals surface area contributed by atoms with Crippen molar-refractivity contribution in [2.45, 2.75) is 51.0 Å². The highest BCUT2D eigenvalue weighted by Crippen LogP contribution is 2.20. The van der Waals surface area contributed by atoms with Gasteiger partial charge in [0.25, 0.3) is 0 Å². The molecule has 0 aromatic heterocycles. The second kappa shape index (κ2) is 13.2. The molecule has 0 radical (unpaired) electrons. The molecule has 0 atom stereocenters. The highest BCUT2D eigenvalue weighted by atomic mass is 16.5. The number of para-hydroxylation sites is 1. The van der Waals surface area contributed by atoms with Gasteiger partial charge in [0, 0.05) is 65.0 Å². The number of amides is 1. The lowest BCUT2D eigenvalue weighted by atomic mass is 9.98. The number of nitrogens with one attached hydrogen (secondary N) is 2. The van der Waals surface area contributed by atoms with Gasteiger partial charge in [0.05, 0.1) is 6.10 Å². The first kappa shape index (κ1) is 23.4. The molecule has 2 aliphatic rings. The van der Waals surface area contributed by atoms with E-state index in [9.17, 15) is 4.79 Å². The van der Waals surface area contributed by atoms with Gasteiger partial charge in [-0.05, 0) is 31.4 Å². The van der Waals surface area contributed by atoms with E-state index in [0.29, 0.717) is 19.1 Å². The van der Waals surface area contributed by atoms with Crippen LogP contribution in [0.2, 0.25) is 0 Å². The van der Waals surface area contributed by atoms with Crippen molar-refractivity contribution >= 4 is 17.6 Å². The summed E-state index contributed by atoms with van der Waals surface area (Å²) in [6.45, 7) is 5.54. The molecule has 3 rings (SSSR count). The molecule has 1 aliphatic heterocycles. The van der Waals surface area contributed by atoms with Crippen molar-refractivity contribution in [1.29, 1.82) is 0 Å². The highest BCUT2D eigenvalue weighted by Gasteiger charge is 2.21. The zero-order valence-corrected chi connectivity index (χ0v) is 19.0. The average molecular weight is 430 g/mol. The minimum Gasteiger partial charge on any atom is -0.378 e. The predicted octanol–water partition coefficient (Wildman–Crippen LogP) is 2.63. The molecule has 7 nitrogen and oxygen atoms in total. The first-order valence-electron chi connectivity index (χ1n) is 11.9. The van der Waals surface area contributed by atoms with Crippen LogP contribution in [-0.4, -0.2) is 75.8 Å². The Morgan fingerprint density at radius 2 is 1.74 bits per heavy atom. The van der Waals surface area contributed by atoms with Gasteiger partial charge < -0.3 is 25.2 Å². The number of carbonyl (C=O) groups excluding carboxylic acids is 1. The molecule has 0 bridgehead atoms. The molecular formula is C24H39N5O2. The molecule has 1 amide bonds. The Morgan fingerprint density at radius 1 is 1.03 bits per heavy atom. The van der Waals surface area contributed by atoms with Crippen molar-refractivity contribution in [3.05, 3.63) is 30.3 Å². The predicted molar refractivity (Wildman–Crippen MR) is 127 cm³/mol. The molecule has 0 unspecified atom stereocenters. The van der Waals surface area contributed by atoms with Crippen molar-refractivity contribution < 1.29 is 9.53 Å². The maximum Gasteiger partial charge on any atom is 0.224 e. The van der Waals surface area contributed by atoms with Crippen molar-refractivity contribution in [2.75, 3.05) is 57.8 Å². The molecule has 2 fully saturated rings. The van der Waals surface area contributed by atoms with Crippen molar-refractivity contribution in [3.63, 3.8) is 0 Å². The molecule has 1 saturated carbocycles. The van der Waals surface area contributed by atoms with E-state index < -0.39 is 0 Å². The number of benzene rings is 1. The molecule has 7 heteroatoms. The van der Waals surface area contributed by atoms with E-state index in [1.807, 2.05) is 11.0 Å². The lowest BCUT2D eigenvalue weighted by molar-refractivity contribution is -0.131. The normalized spacial score (nSPS) is 18.2. The summed E-state index contributed by atoms with van der Waals surface area (Å²) in [5, 5.41) is 6.57. The zero-order chi connectivity index (χ0) is 21.7. The van der Waals surface area contributed by atoms with Crippen LogP contribution in [-0.2, 0) is 9.53 Å². The van der Waals surface area contributed by atoms with Gasteiger partial charge in [0.1, 0.15) is 0 Å². The lowest BCUT2D eigenvalue weighted by Gasteiger charge is -2.36. The van der Waals surface area contributed by atoms with Gasteiger partial charge in [-0.25, -0.2) is 0 Å². The van der Waals surface area contributed by atoms with E-state index in [2.05, 4.69) is 44.8 Å². The van der Waals surface area contributed by atoms with E-state index in [0.717, 1.165) is 51.7 Å². The maximum atomic E-state index is 12.6. The summed E-state index contributed by atoms with van der Waals surface area (Å²) < 4.78 is 5.96. The molecule has 1 aromatic rings. The Kier molecular flexibility index (Phi) is 9.96. The van der Waals surface area contributed by atoms with E-state index in [4.69, 9.17) is 4.74 Å². The molecule has 1 heterocycles. The van der Waals surface area contributed by atoms with Gasteiger partial charge in [0.15, 0.2) is 5.96 Å². The van der Waals surface area contributed by atoms with Gasteiger partial charge >= 0.3 is 0 Å². The smallest absolute Gasteiger partial charge is 0.224 e. The van der Waals surface area contributed by atoms with Crippen molar-refractivity contribution in [2.24, 2.45) is 4.99 Å². The van der Waals surface area contributed by atoms with Crippen LogP contribution in [0.25, 0.3) is 0 Å². The summed E-state index contributed by atoms with van der Waals surface area (Å²) >= 11 is 0. The maximum absolute atomic E-state index is 12.6. The number of guanidine groups is 1. The SMILES string of the molecule is CN=C(NCCCOC1CCCCC1)NCCC(=O)N1CCN(c2ccccc2)CC1. The quantitative estimate of drug-likeness (QED) is 0.359. The summed E-state index contributed by atoms with van der Waals surface area (Å²) in [5.74, 6) is 0.955. The Morgan fingerprint density at radius 3 is 2.45 bits per heavy atom. The lowest BCUT2D eigenvalue weighted by Crippen LogP contribution is -2.49. The Labute approximate surface area is 187 Å². The molecular weight excluding hydrogens is 390 g/mol. The van der Waals surface area contributed by atoms with Crippen LogP contribution in [0.5, 0.6) is 0 Å². The number of carbonyl (C=O) groups is 1. The monoisotopic (exact) mass is 429 g/mol. The van der Waals surface area contributed by atoms with Crippen LogP contribution >= 0.6 is 0 Å². The standard InChI is InChI=1S/C24H39N5O2/c1-25-24(26-14-8-20-31-22-11-6-3-7-12-22)27-15-13-23(30)29-18-16-28(17-19-29)21-9-4-2-5-10-21/h2,4-5,9-10,22H,3,6-8,11-20H2,1H3,(H2,25,26,27). The van der Waals surface area contributed by atoms with Crippen LogP contribution in [0.4, 0.5) is 5.69 Å². The van der Waals surface area contributed by atoms with Crippen LogP contribution in [0, 0.1) is 0 Å². The Hall–Kier alpha value is -2.28. The van der Waals surface area contributed by atoms with Crippen LogP contribution in [0.1, 0.15) is 44.9 Å². The fourth-order valence-corrected chi connectivity index (χ4v) is 4.28. The van der Waals surface area contributed by atoms with E-state index in [1.165, 1.54) is 37.8 Å². The fourth-order valence-electron chi connectivity index (χ4n) is 4.28. The largest absolute Gasteiger partial charge is 0.378 e. The third kappa shape index (κ3) is 8.05. The number of hydrogen-bond donors (Lipinski definition) is 2. The van der Waals surface area contributed by atoms with E-state index in [-0.39, 0.29) is 5.91 Å². The van der Waals surface area contributed by atoms with Gasteiger partial charge in [-0.3, -0.25) is 9.79 Å². The first-order valence-corrected chi connectivity index (χ1v) is 11.9. The molecule has 1 aromatic carbocycles. The summed E-state index contributed by atoms with van der Waals surface area (Å²) in [6, 6.07) is 10.4. The number of hydrogen-bond acceptors (Lipinski definition) is 4. The molecule has 0 spiro atoms. The molecule has 31 heavy (non-hydrogen) atoms. The Bertz CT molecular complexity index is 668. The number of ether oxygens (including phenoxy) is 1. The highest BCUT2D eigenvalue weighted by molar-refractivity contribution is 5.81. The number of piperazine rings is 1. The van der Waals surface area contributed by atoms with Gasteiger partial charge in [0.2, 0.25) is 5.91 Å². The number of anilines is 1. The molecule has 2 N–H and O–H groups in total. The molecule has 1 aliphatic carbocycles. The van der Waals surface area contributed by atoms with Crippen molar-refractivity contribution in [1.82, 2.24) is 15.5 Å². The second-order valence-electron chi connectivity index (χ2n) is 8.36.